The van der Waals surface area contributed by atoms with Crippen LogP contribution >= 0.6 is 0 Å². The van der Waals surface area contributed by atoms with Crippen LogP contribution in [0.4, 0.5) is 0 Å². The van der Waals surface area contributed by atoms with E-state index in [1.807, 2.05) is 0 Å². The summed E-state index contributed by atoms with van der Waals surface area (Å²) in [5.41, 5.74) is 0.288. The standard InChI is InChI=1S/C12H18O6S/c1-16-8-5-10(17-2)12(11(6-8)18-3)9(13)7-19(4,14)15/h5-6,9,13H,7H2,1-4H3. The van der Waals surface area contributed by atoms with Crippen LogP contribution in [0.25, 0.3) is 0 Å². The number of benzene rings is 1. The molecule has 0 heterocycles. The molecule has 7 heteroatoms. The molecule has 1 rings (SSSR count). The highest BCUT2D eigenvalue weighted by molar-refractivity contribution is 7.90. The molecular weight excluding hydrogens is 272 g/mol. The summed E-state index contributed by atoms with van der Waals surface area (Å²) >= 11 is 0. The predicted octanol–water partition coefficient (Wildman–Crippen LogP) is 0.790. The van der Waals surface area contributed by atoms with Gasteiger partial charge in [0.25, 0.3) is 0 Å². The fourth-order valence-electron chi connectivity index (χ4n) is 1.73. The molecular formula is C12H18O6S. The second kappa shape index (κ2) is 6.12. The van der Waals surface area contributed by atoms with E-state index in [1.54, 1.807) is 12.1 Å². The minimum Gasteiger partial charge on any atom is -0.496 e. The molecule has 0 aliphatic carbocycles. The highest BCUT2D eigenvalue weighted by Gasteiger charge is 2.23. The van der Waals surface area contributed by atoms with Gasteiger partial charge in [-0.1, -0.05) is 0 Å². The van der Waals surface area contributed by atoms with Gasteiger partial charge in [-0.05, 0) is 0 Å². The Balaban J connectivity index is 3.31. The first-order chi connectivity index (χ1) is 8.82. The van der Waals surface area contributed by atoms with Crippen molar-refractivity contribution in [2.45, 2.75) is 6.10 Å². The van der Waals surface area contributed by atoms with Crippen molar-refractivity contribution in [3.05, 3.63) is 17.7 Å². The van der Waals surface area contributed by atoms with Crippen LogP contribution in [-0.4, -0.2) is 46.9 Å². The van der Waals surface area contributed by atoms with Gasteiger partial charge in [0.05, 0.1) is 32.6 Å². The first-order valence-electron chi connectivity index (χ1n) is 5.48. The molecule has 0 fully saturated rings. The van der Waals surface area contributed by atoms with E-state index in [4.69, 9.17) is 14.2 Å². The third-order valence-corrected chi connectivity index (χ3v) is 3.47. The molecule has 1 atom stereocenters. The number of aliphatic hydroxyl groups excluding tert-OH is 1. The number of sulfone groups is 1. The van der Waals surface area contributed by atoms with Gasteiger partial charge in [-0.15, -0.1) is 0 Å². The maximum absolute atomic E-state index is 11.3. The minimum atomic E-state index is -3.33. The van der Waals surface area contributed by atoms with E-state index in [1.165, 1.54) is 21.3 Å². The van der Waals surface area contributed by atoms with Crippen molar-refractivity contribution in [1.29, 1.82) is 0 Å². The van der Waals surface area contributed by atoms with Gasteiger partial charge in [0.1, 0.15) is 33.2 Å². The summed E-state index contributed by atoms with van der Waals surface area (Å²) in [5.74, 6) is 0.704. The number of hydrogen-bond donors (Lipinski definition) is 1. The lowest BCUT2D eigenvalue weighted by atomic mass is 10.1. The molecule has 0 aliphatic heterocycles. The number of rotatable bonds is 6. The highest BCUT2D eigenvalue weighted by atomic mass is 32.2. The maximum atomic E-state index is 11.3. The average Bonchev–Trinajstić information content (AvgIpc) is 2.34. The summed E-state index contributed by atoms with van der Waals surface area (Å²) in [5, 5.41) is 10.1. The fourth-order valence-corrected chi connectivity index (χ4v) is 2.47. The number of methoxy groups -OCH3 is 3. The second-order valence-electron chi connectivity index (χ2n) is 4.05. The molecule has 1 unspecified atom stereocenters. The lowest BCUT2D eigenvalue weighted by molar-refractivity contribution is 0.191. The molecule has 19 heavy (non-hydrogen) atoms. The van der Waals surface area contributed by atoms with E-state index < -0.39 is 21.7 Å². The maximum Gasteiger partial charge on any atom is 0.150 e. The third kappa shape index (κ3) is 4.00. The lowest BCUT2D eigenvalue weighted by Crippen LogP contribution is -2.14. The fraction of sp³-hybridized carbons (Fsp3) is 0.500. The van der Waals surface area contributed by atoms with Crippen LogP contribution in [0, 0.1) is 0 Å². The quantitative estimate of drug-likeness (QED) is 0.834. The molecule has 0 aromatic heterocycles. The van der Waals surface area contributed by atoms with Crippen LogP contribution in [0.2, 0.25) is 0 Å². The monoisotopic (exact) mass is 290 g/mol. The van der Waals surface area contributed by atoms with Crippen LogP contribution in [-0.2, 0) is 9.84 Å². The van der Waals surface area contributed by atoms with Gasteiger partial charge in [0.15, 0.2) is 0 Å². The van der Waals surface area contributed by atoms with E-state index in [0.717, 1.165) is 6.26 Å². The molecule has 0 saturated carbocycles. The molecule has 0 amide bonds. The summed E-state index contributed by atoms with van der Waals surface area (Å²) in [6, 6.07) is 3.12. The van der Waals surface area contributed by atoms with E-state index in [9.17, 15) is 13.5 Å². The topological polar surface area (TPSA) is 82.1 Å². The van der Waals surface area contributed by atoms with E-state index in [2.05, 4.69) is 0 Å². The lowest BCUT2D eigenvalue weighted by Gasteiger charge is -2.18. The van der Waals surface area contributed by atoms with Gasteiger partial charge in [-0.2, -0.15) is 0 Å². The summed E-state index contributed by atoms with van der Waals surface area (Å²) in [6.45, 7) is 0. The molecule has 1 aromatic rings. The Bertz CT molecular complexity index is 512. The van der Waals surface area contributed by atoms with Crippen molar-refractivity contribution >= 4 is 9.84 Å². The van der Waals surface area contributed by atoms with Crippen LogP contribution in [0.15, 0.2) is 12.1 Å². The molecule has 0 bridgehead atoms. The SMILES string of the molecule is COc1cc(OC)c(C(O)CS(C)(=O)=O)c(OC)c1. The van der Waals surface area contributed by atoms with E-state index in [-0.39, 0.29) is 5.56 Å². The second-order valence-corrected chi connectivity index (χ2v) is 6.24. The number of hydrogen-bond acceptors (Lipinski definition) is 6. The zero-order valence-electron chi connectivity index (χ0n) is 11.3. The van der Waals surface area contributed by atoms with Gasteiger partial charge in [0, 0.05) is 18.4 Å². The Morgan fingerprint density at radius 1 is 1.11 bits per heavy atom. The Kier molecular flexibility index (Phi) is 5.02. The van der Waals surface area contributed by atoms with Gasteiger partial charge in [0.2, 0.25) is 0 Å². The van der Waals surface area contributed by atoms with E-state index >= 15 is 0 Å². The molecule has 108 valence electrons. The van der Waals surface area contributed by atoms with Gasteiger partial charge >= 0.3 is 0 Å². The van der Waals surface area contributed by atoms with Crippen molar-refractivity contribution < 1.29 is 27.7 Å². The van der Waals surface area contributed by atoms with Crippen molar-refractivity contribution in [2.24, 2.45) is 0 Å². The van der Waals surface area contributed by atoms with Crippen molar-refractivity contribution in [3.8, 4) is 17.2 Å². The Labute approximate surface area is 112 Å². The first kappa shape index (κ1) is 15.6. The van der Waals surface area contributed by atoms with Gasteiger partial charge < -0.3 is 19.3 Å². The third-order valence-electron chi connectivity index (χ3n) is 2.55. The van der Waals surface area contributed by atoms with Crippen LogP contribution in [0.3, 0.4) is 0 Å². The summed E-state index contributed by atoms with van der Waals surface area (Å²) in [7, 11) is 1.00. The Hall–Kier alpha value is -1.47. The van der Waals surface area contributed by atoms with Crippen molar-refractivity contribution in [1.82, 2.24) is 0 Å². The summed E-state index contributed by atoms with van der Waals surface area (Å²) in [6.07, 6.45) is -0.176. The Morgan fingerprint density at radius 3 is 1.89 bits per heavy atom. The molecule has 1 aromatic carbocycles. The largest absolute Gasteiger partial charge is 0.496 e. The molecule has 0 radical (unpaired) electrons. The zero-order valence-corrected chi connectivity index (χ0v) is 12.2. The first-order valence-corrected chi connectivity index (χ1v) is 7.54. The highest BCUT2D eigenvalue weighted by Crippen LogP contribution is 2.38. The normalized spacial score (nSPS) is 12.9. The molecule has 0 spiro atoms. The zero-order chi connectivity index (χ0) is 14.6. The van der Waals surface area contributed by atoms with Gasteiger partial charge in [-0.25, -0.2) is 8.42 Å². The summed E-state index contributed by atoms with van der Waals surface area (Å²) in [4.78, 5) is 0. The van der Waals surface area contributed by atoms with Crippen molar-refractivity contribution in [3.63, 3.8) is 0 Å². The summed E-state index contributed by atoms with van der Waals surface area (Å²) < 4.78 is 37.9. The Morgan fingerprint density at radius 2 is 1.58 bits per heavy atom. The van der Waals surface area contributed by atoms with Crippen LogP contribution < -0.4 is 14.2 Å². The van der Waals surface area contributed by atoms with Crippen LogP contribution in [0.5, 0.6) is 17.2 Å². The number of ether oxygens (including phenoxy) is 3. The average molecular weight is 290 g/mol. The molecule has 0 saturated heterocycles. The molecule has 0 aliphatic rings. The van der Waals surface area contributed by atoms with Crippen molar-refractivity contribution in [2.75, 3.05) is 33.3 Å². The number of aliphatic hydroxyl groups is 1. The van der Waals surface area contributed by atoms with Gasteiger partial charge in [-0.3, -0.25) is 0 Å². The molecule has 1 N–H and O–H groups in total. The predicted molar refractivity (Wildman–Crippen MR) is 70.8 cm³/mol. The minimum absolute atomic E-state index is 0.288. The van der Waals surface area contributed by atoms with E-state index in [0.29, 0.717) is 17.2 Å². The smallest absolute Gasteiger partial charge is 0.150 e. The molecule has 6 nitrogen and oxygen atoms in total. The van der Waals surface area contributed by atoms with Crippen LogP contribution in [0.1, 0.15) is 11.7 Å².